The Morgan fingerprint density at radius 3 is 2.51 bits per heavy atom. The Kier molecular flexibility index (Phi) is 6.25. The Labute approximate surface area is 204 Å². The van der Waals surface area contributed by atoms with Gasteiger partial charge < -0.3 is 25.6 Å². The number of aromatic hydroxyl groups is 1. The number of carbonyl (C=O) groups is 1. The zero-order chi connectivity index (χ0) is 24.4. The van der Waals surface area contributed by atoms with Gasteiger partial charge in [-0.05, 0) is 67.1 Å². The number of hydrogen-bond acceptors (Lipinski definition) is 5. The van der Waals surface area contributed by atoms with Crippen molar-refractivity contribution in [2.24, 2.45) is 10.7 Å². The second kappa shape index (κ2) is 9.64. The molecule has 0 radical (unpaired) electrons. The van der Waals surface area contributed by atoms with E-state index >= 15 is 0 Å². The van der Waals surface area contributed by atoms with Gasteiger partial charge in [0.2, 0.25) is 5.91 Å². The molecule has 0 unspecified atom stereocenters. The maximum Gasteiger partial charge on any atom is 0.248 e. The molecule has 178 valence electrons. The van der Waals surface area contributed by atoms with Gasteiger partial charge >= 0.3 is 0 Å². The predicted molar refractivity (Wildman–Crippen MR) is 141 cm³/mol. The van der Waals surface area contributed by atoms with Crippen LogP contribution in [0.25, 0.3) is 10.9 Å². The van der Waals surface area contributed by atoms with Crippen molar-refractivity contribution in [2.75, 3.05) is 38.1 Å². The van der Waals surface area contributed by atoms with Crippen LogP contribution in [-0.4, -0.2) is 60.3 Å². The van der Waals surface area contributed by atoms with Crippen molar-refractivity contribution in [2.45, 2.75) is 6.42 Å². The van der Waals surface area contributed by atoms with Crippen LogP contribution in [0.3, 0.4) is 0 Å². The number of nitrogens with zero attached hydrogens (tertiary/aromatic N) is 3. The summed E-state index contributed by atoms with van der Waals surface area (Å²) < 4.78 is 0. The van der Waals surface area contributed by atoms with Gasteiger partial charge in [0.05, 0.1) is 11.3 Å². The monoisotopic (exact) mass is 467 g/mol. The number of amides is 1. The van der Waals surface area contributed by atoms with Crippen molar-refractivity contribution in [3.63, 3.8) is 0 Å². The summed E-state index contributed by atoms with van der Waals surface area (Å²) >= 11 is 0. The number of piperazine rings is 1. The molecule has 4 aromatic rings. The molecule has 1 saturated heterocycles. The molecule has 2 heterocycles. The maximum absolute atomic E-state index is 11.5. The molecule has 7 heteroatoms. The summed E-state index contributed by atoms with van der Waals surface area (Å²) in [4.78, 5) is 23.8. The molecule has 0 aliphatic carbocycles. The minimum absolute atomic E-state index is 0.0886. The highest BCUT2D eigenvalue weighted by Crippen LogP contribution is 2.28. The van der Waals surface area contributed by atoms with Crippen LogP contribution in [0, 0.1) is 0 Å². The van der Waals surface area contributed by atoms with E-state index in [0.29, 0.717) is 17.5 Å². The summed E-state index contributed by atoms with van der Waals surface area (Å²) in [5.74, 6) is -0.347. The number of primary amides is 1. The van der Waals surface area contributed by atoms with Crippen LogP contribution < -0.4 is 10.6 Å². The van der Waals surface area contributed by atoms with E-state index in [-0.39, 0.29) is 5.88 Å². The van der Waals surface area contributed by atoms with Gasteiger partial charge in [0.25, 0.3) is 0 Å². The first kappa shape index (κ1) is 22.7. The van der Waals surface area contributed by atoms with Gasteiger partial charge in [-0.3, -0.25) is 9.79 Å². The lowest BCUT2D eigenvalue weighted by atomic mass is 10.0. The number of rotatable bonds is 6. The van der Waals surface area contributed by atoms with Crippen molar-refractivity contribution < 1.29 is 9.90 Å². The van der Waals surface area contributed by atoms with Gasteiger partial charge in [-0.1, -0.05) is 24.3 Å². The molecular weight excluding hydrogens is 438 g/mol. The van der Waals surface area contributed by atoms with E-state index in [2.05, 4.69) is 39.0 Å². The van der Waals surface area contributed by atoms with E-state index in [1.54, 1.807) is 12.3 Å². The van der Waals surface area contributed by atoms with Crippen LogP contribution in [0.1, 0.15) is 27.0 Å². The summed E-state index contributed by atoms with van der Waals surface area (Å²) in [6.07, 6.45) is 2.36. The predicted octanol–water partition coefficient (Wildman–Crippen LogP) is 4.07. The molecule has 35 heavy (non-hydrogen) atoms. The minimum atomic E-state index is -0.436. The smallest absolute Gasteiger partial charge is 0.248 e. The van der Waals surface area contributed by atoms with E-state index < -0.39 is 5.91 Å². The number of aromatic amines is 1. The lowest BCUT2D eigenvalue weighted by Crippen LogP contribution is -2.44. The molecule has 1 fully saturated rings. The molecule has 0 bridgehead atoms. The number of aliphatic imine (C=N–C) groups is 1. The number of likely N-dealkylation sites (N-methyl/N-ethyl adjacent to an activating group) is 1. The largest absolute Gasteiger partial charge is 0.494 e. The number of nitrogens with one attached hydrogen (secondary N) is 1. The summed E-state index contributed by atoms with van der Waals surface area (Å²) in [5.41, 5.74) is 11.5. The first-order valence-corrected chi connectivity index (χ1v) is 11.8. The molecule has 1 aromatic heterocycles. The molecule has 5 rings (SSSR count). The second-order valence-corrected chi connectivity index (χ2v) is 9.07. The van der Waals surface area contributed by atoms with E-state index in [4.69, 9.17) is 5.73 Å². The van der Waals surface area contributed by atoms with Crippen LogP contribution >= 0.6 is 0 Å². The molecule has 3 aromatic carbocycles. The fourth-order valence-corrected chi connectivity index (χ4v) is 4.52. The quantitative estimate of drug-likeness (QED) is 0.373. The van der Waals surface area contributed by atoms with Gasteiger partial charge in [0.15, 0.2) is 5.88 Å². The summed E-state index contributed by atoms with van der Waals surface area (Å²) in [6, 6.07) is 21.6. The fraction of sp³-hybridized carbons (Fsp3) is 0.214. The Morgan fingerprint density at radius 1 is 1.03 bits per heavy atom. The van der Waals surface area contributed by atoms with Crippen LogP contribution in [0.5, 0.6) is 5.88 Å². The maximum atomic E-state index is 11.5. The Morgan fingerprint density at radius 2 is 1.77 bits per heavy atom. The minimum Gasteiger partial charge on any atom is -0.494 e. The van der Waals surface area contributed by atoms with E-state index in [0.717, 1.165) is 53.9 Å². The van der Waals surface area contributed by atoms with Crippen molar-refractivity contribution in [1.29, 1.82) is 0 Å². The summed E-state index contributed by atoms with van der Waals surface area (Å²) in [7, 11) is 2.15. The third-order valence-electron chi connectivity index (χ3n) is 6.56. The third kappa shape index (κ3) is 5.05. The number of benzene rings is 3. The van der Waals surface area contributed by atoms with Gasteiger partial charge in [-0.15, -0.1) is 0 Å². The van der Waals surface area contributed by atoms with Gasteiger partial charge in [-0.25, -0.2) is 0 Å². The molecule has 1 aliphatic heterocycles. The van der Waals surface area contributed by atoms with Crippen molar-refractivity contribution in [3.8, 4) is 5.88 Å². The molecule has 4 N–H and O–H groups in total. The average molecular weight is 468 g/mol. The van der Waals surface area contributed by atoms with Gasteiger partial charge in [0, 0.05) is 54.5 Å². The van der Waals surface area contributed by atoms with E-state index in [1.165, 1.54) is 5.69 Å². The lowest BCUT2D eigenvalue weighted by Gasteiger charge is -2.34. The SMILES string of the molecule is CN1CCN(c2ccc(N=Cc3c(O)[nH]c4cc(Cc5cccc(C(N)=O)c5)ccc34)cc2)CC1. The first-order chi connectivity index (χ1) is 17.0. The number of nitrogens with two attached hydrogens (primary N) is 1. The molecule has 1 amide bonds. The highest BCUT2D eigenvalue weighted by Gasteiger charge is 2.14. The Bertz CT molecular complexity index is 1380. The number of fused-ring (bicyclic) bond motifs is 1. The lowest BCUT2D eigenvalue weighted by molar-refractivity contribution is 0.1000. The zero-order valence-corrected chi connectivity index (χ0v) is 19.7. The van der Waals surface area contributed by atoms with Crippen LogP contribution in [0.15, 0.2) is 71.7 Å². The number of anilines is 1. The molecule has 0 spiro atoms. The van der Waals surface area contributed by atoms with Crippen LogP contribution in [0.4, 0.5) is 11.4 Å². The number of carbonyl (C=O) groups excluding carboxylic acids is 1. The third-order valence-corrected chi connectivity index (χ3v) is 6.56. The highest BCUT2D eigenvalue weighted by atomic mass is 16.3. The van der Waals surface area contributed by atoms with Crippen molar-refractivity contribution in [1.82, 2.24) is 9.88 Å². The first-order valence-electron chi connectivity index (χ1n) is 11.8. The standard InChI is InChI=1S/C28H29N5O2/c1-32-11-13-33(14-12-32)23-8-6-22(7-9-23)30-18-25-24-10-5-20(17-26(24)31-28(25)35)15-19-3-2-4-21(16-19)27(29)34/h2-10,16-18,31,35H,11-15H2,1H3,(H2,29,34). The van der Waals surface area contributed by atoms with Crippen molar-refractivity contribution >= 4 is 34.4 Å². The van der Waals surface area contributed by atoms with Gasteiger partial charge in [0.1, 0.15) is 0 Å². The van der Waals surface area contributed by atoms with Crippen LogP contribution in [-0.2, 0) is 6.42 Å². The topological polar surface area (TPSA) is 97.9 Å². The molecular formula is C28H29N5O2. The zero-order valence-electron chi connectivity index (χ0n) is 19.7. The van der Waals surface area contributed by atoms with E-state index in [9.17, 15) is 9.90 Å². The highest BCUT2D eigenvalue weighted by molar-refractivity contribution is 6.02. The van der Waals surface area contributed by atoms with Crippen LogP contribution in [0.2, 0.25) is 0 Å². The van der Waals surface area contributed by atoms with E-state index in [1.807, 2.05) is 48.5 Å². The molecule has 7 nitrogen and oxygen atoms in total. The number of aromatic nitrogens is 1. The summed E-state index contributed by atoms with van der Waals surface area (Å²) in [5, 5.41) is 11.4. The second-order valence-electron chi connectivity index (χ2n) is 9.07. The fourth-order valence-electron chi connectivity index (χ4n) is 4.52. The number of hydrogen-bond donors (Lipinski definition) is 3. The van der Waals surface area contributed by atoms with Gasteiger partial charge in [-0.2, -0.15) is 0 Å². The molecule has 1 aliphatic rings. The average Bonchev–Trinajstić information content (AvgIpc) is 3.17. The Hall–Kier alpha value is -4.10. The normalized spacial score (nSPS) is 14.7. The van der Waals surface area contributed by atoms with Crippen molar-refractivity contribution in [3.05, 3.63) is 89.0 Å². The Balaban J connectivity index is 1.32. The molecule has 0 saturated carbocycles. The molecule has 0 atom stereocenters. The summed E-state index contributed by atoms with van der Waals surface area (Å²) in [6.45, 7) is 4.20. The number of H-pyrrole nitrogens is 1.